The summed E-state index contributed by atoms with van der Waals surface area (Å²) in [6, 6.07) is 23.4. The normalized spacial score (nSPS) is 10.6. The molecule has 3 aromatic carbocycles. The van der Waals surface area contributed by atoms with E-state index >= 15 is 0 Å². The molecule has 0 radical (unpaired) electrons. The highest BCUT2D eigenvalue weighted by atomic mass is 16.5. The van der Waals surface area contributed by atoms with Crippen molar-refractivity contribution >= 4 is 0 Å². The van der Waals surface area contributed by atoms with E-state index in [4.69, 9.17) is 14.0 Å². The molecule has 0 aliphatic carbocycles. The summed E-state index contributed by atoms with van der Waals surface area (Å²) in [6.45, 7) is 2.59. The molecule has 0 spiro atoms. The number of ether oxygens (including phenoxy) is 2. The van der Waals surface area contributed by atoms with Gasteiger partial charge in [-0.05, 0) is 48.4 Å². The summed E-state index contributed by atoms with van der Waals surface area (Å²) in [5.74, 6) is 2.46. The van der Waals surface area contributed by atoms with Crippen molar-refractivity contribution in [2.45, 2.75) is 13.5 Å². The maximum atomic E-state index is 5.95. The zero-order valence-corrected chi connectivity index (χ0v) is 15.8. The highest BCUT2D eigenvalue weighted by Crippen LogP contribution is 2.27. The molecule has 1 heterocycles. The molecule has 4 aromatic rings. The first-order valence-corrected chi connectivity index (χ1v) is 8.99. The molecule has 140 valence electrons. The molecule has 0 bridgehead atoms. The number of rotatable bonds is 6. The van der Waals surface area contributed by atoms with Crippen LogP contribution in [-0.4, -0.2) is 17.3 Å². The summed E-state index contributed by atoms with van der Waals surface area (Å²) < 4.78 is 16.6. The number of aryl methyl sites for hydroxylation is 1. The van der Waals surface area contributed by atoms with Crippen LogP contribution in [0, 0.1) is 6.92 Å². The monoisotopic (exact) mass is 372 g/mol. The molecule has 0 fully saturated rings. The van der Waals surface area contributed by atoms with E-state index in [9.17, 15) is 0 Å². The van der Waals surface area contributed by atoms with E-state index in [0.717, 1.165) is 28.2 Å². The minimum absolute atomic E-state index is 0.445. The van der Waals surface area contributed by atoms with E-state index in [1.54, 1.807) is 7.11 Å². The maximum Gasteiger partial charge on any atom is 0.258 e. The maximum absolute atomic E-state index is 5.95. The van der Waals surface area contributed by atoms with Gasteiger partial charge in [-0.15, -0.1) is 0 Å². The van der Waals surface area contributed by atoms with Gasteiger partial charge in [-0.3, -0.25) is 0 Å². The lowest BCUT2D eigenvalue weighted by Crippen LogP contribution is -1.97. The van der Waals surface area contributed by atoms with Crippen molar-refractivity contribution in [1.82, 2.24) is 10.1 Å². The first kappa shape index (κ1) is 17.8. The van der Waals surface area contributed by atoms with Gasteiger partial charge in [0.1, 0.15) is 18.1 Å². The highest BCUT2D eigenvalue weighted by Gasteiger charge is 2.12. The van der Waals surface area contributed by atoms with E-state index in [0.29, 0.717) is 18.3 Å². The van der Waals surface area contributed by atoms with E-state index < -0.39 is 0 Å². The smallest absolute Gasteiger partial charge is 0.258 e. The molecule has 4 rings (SSSR count). The van der Waals surface area contributed by atoms with Gasteiger partial charge in [-0.25, -0.2) is 0 Å². The number of aromatic nitrogens is 2. The first-order chi connectivity index (χ1) is 13.7. The summed E-state index contributed by atoms with van der Waals surface area (Å²) >= 11 is 0. The van der Waals surface area contributed by atoms with Crippen LogP contribution in [0.15, 0.2) is 77.3 Å². The van der Waals surface area contributed by atoms with Crippen molar-refractivity contribution in [2.24, 2.45) is 0 Å². The summed E-state index contributed by atoms with van der Waals surface area (Å²) in [4.78, 5) is 4.51. The van der Waals surface area contributed by atoms with Crippen molar-refractivity contribution < 1.29 is 14.0 Å². The standard InChI is InChI=1S/C23H20N2O3/c1-16-7-3-4-8-19(16)15-27-21-12-5-9-17(13-21)22-24-23(28-25-22)18-10-6-11-20(14-18)26-2/h3-14H,15H2,1-2H3. The average molecular weight is 372 g/mol. The van der Waals surface area contributed by atoms with Crippen molar-refractivity contribution in [1.29, 1.82) is 0 Å². The highest BCUT2D eigenvalue weighted by molar-refractivity contribution is 5.62. The van der Waals surface area contributed by atoms with Crippen LogP contribution in [0.3, 0.4) is 0 Å². The second-order valence-electron chi connectivity index (χ2n) is 6.40. The van der Waals surface area contributed by atoms with Crippen molar-refractivity contribution in [3.8, 4) is 34.3 Å². The first-order valence-electron chi connectivity index (χ1n) is 8.99. The Hall–Kier alpha value is -3.60. The second-order valence-corrected chi connectivity index (χ2v) is 6.40. The number of methoxy groups -OCH3 is 1. The van der Waals surface area contributed by atoms with E-state index in [1.165, 1.54) is 5.56 Å². The third-order valence-corrected chi connectivity index (χ3v) is 4.49. The zero-order valence-electron chi connectivity index (χ0n) is 15.8. The molecule has 0 atom stereocenters. The third-order valence-electron chi connectivity index (χ3n) is 4.49. The molecular formula is C23H20N2O3. The van der Waals surface area contributed by atoms with Crippen molar-refractivity contribution in [3.05, 3.63) is 83.9 Å². The molecule has 0 saturated carbocycles. The van der Waals surface area contributed by atoms with Gasteiger partial charge in [0.25, 0.3) is 5.89 Å². The lowest BCUT2D eigenvalue weighted by Gasteiger charge is -2.09. The van der Waals surface area contributed by atoms with E-state index in [-0.39, 0.29) is 0 Å². The Morgan fingerprint density at radius 3 is 2.43 bits per heavy atom. The lowest BCUT2D eigenvalue weighted by atomic mass is 10.1. The summed E-state index contributed by atoms with van der Waals surface area (Å²) in [5, 5.41) is 4.11. The molecule has 0 aliphatic heterocycles. The number of benzene rings is 3. The summed E-state index contributed by atoms with van der Waals surface area (Å²) in [6.07, 6.45) is 0. The zero-order chi connectivity index (χ0) is 19.3. The van der Waals surface area contributed by atoms with Gasteiger partial charge in [0, 0.05) is 11.1 Å². The Kier molecular flexibility index (Phi) is 5.06. The minimum atomic E-state index is 0.445. The Morgan fingerprint density at radius 1 is 0.857 bits per heavy atom. The number of nitrogens with zero attached hydrogens (tertiary/aromatic N) is 2. The Labute approximate surface area is 163 Å². The Balaban J connectivity index is 1.53. The average Bonchev–Trinajstić information content (AvgIpc) is 3.24. The molecule has 0 N–H and O–H groups in total. The predicted molar refractivity (Wildman–Crippen MR) is 107 cm³/mol. The largest absolute Gasteiger partial charge is 0.497 e. The van der Waals surface area contributed by atoms with Crippen molar-refractivity contribution in [3.63, 3.8) is 0 Å². The van der Waals surface area contributed by atoms with E-state index in [2.05, 4.69) is 29.2 Å². The molecule has 0 amide bonds. The van der Waals surface area contributed by atoms with Crippen LogP contribution in [0.25, 0.3) is 22.8 Å². The Bertz CT molecular complexity index is 1090. The molecule has 0 aliphatic rings. The van der Waals surface area contributed by atoms with Gasteiger partial charge < -0.3 is 14.0 Å². The molecule has 28 heavy (non-hydrogen) atoms. The molecule has 0 unspecified atom stereocenters. The Morgan fingerprint density at radius 2 is 1.61 bits per heavy atom. The molecule has 5 nitrogen and oxygen atoms in total. The number of hydrogen-bond donors (Lipinski definition) is 0. The van der Waals surface area contributed by atoms with Gasteiger partial charge in [-0.1, -0.05) is 47.6 Å². The van der Waals surface area contributed by atoms with E-state index in [1.807, 2.05) is 60.7 Å². The molecule has 0 saturated heterocycles. The summed E-state index contributed by atoms with van der Waals surface area (Å²) in [7, 11) is 1.63. The SMILES string of the molecule is COc1cccc(-c2nc(-c3cccc(OCc4ccccc4C)c3)no2)c1. The fourth-order valence-corrected chi connectivity index (χ4v) is 2.87. The topological polar surface area (TPSA) is 57.4 Å². The minimum Gasteiger partial charge on any atom is -0.497 e. The summed E-state index contributed by atoms with van der Waals surface area (Å²) in [5.41, 5.74) is 4.01. The van der Waals surface area contributed by atoms with Gasteiger partial charge in [0.05, 0.1) is 7.11 Å². The van der Waals surface area contributed by atoms with Crippen LogP contribution in [0.2, 0.25) is 0 Å². The third kappa shape index (κ3) is 3.88. The predicted octanol–water partition coefficient (Wildman–Crippen LogP) is 5.30. The molecule has 1 aromatic heterocycles. The quantitative estimate of drug-likeness (QED) is 0.460. The van der Waals surface area contributed by atoms with Crippen LogP contribution in [-0.2, 0) is 6.61 Å². The van der Waals surface area contributed by atoms with Gasteiger partial charge in [0.15, 0.2) is 0 Å². The fourth-order valence-electron chi connectivity index (χ4n) is 2.87. The number of hydrogen-bond acceptors (Lipinski definition) is 5. The van der Waals surface area contributed by atoms with Gasteiger partial charge in [0.2, 0.25) is 5.82 Å². The van der Waals surface area contributed by atoms with Gasteiger partial charge in [-0.2, -0.15) is 4.98 Å². The molecule has 5 heteroatoms. The van der Waals surface area contributed by atoms with Gasteiger partial charge >= 0.3 is 0 Å². The van der Waals surface area contributed by atoms with Crippen LogP contribution >= 0.6 is 0 Å². The van der Waals surface area contributed by atoms with Crippen molar-refractivity contribution in [2.75, 3.05) is 7.11 Å². The van der Waals surface area contributed by atoms with Crippen LogP contribution in [0.5, 0.6) is 11.5 Å². The van der Waals surface area contributed by atoms with Crippen LogP contribution < -0.4 is 9.47 Å². The van der Waals surface area contributed by atoms with Crippen LogP contribution in [0.1, 0.15) is 11.1 Å². The second kappa shape index (κ2) is 7.96. The lowest BCUT2D eigenvalue weighted by molar-refractivity contribution is 0.305. The van der Waals surface area contributed by atoms with Crippen LogP contribution in [0.4, 0.5) is 0 Å². The molecular weight excluding hydrogens is 352 g/mol. The fraction of sp³-hybridized carbons (Fsp3) is 0.130.